The molecule has 1 unspecified atom stereocenters. The van der Waals surface area contributed by atoms with Crippen LogP contribution in [-0.2, 0) is 11.3 Å². The molecule has 0 saturated carbocycles. The van der Waals surface area contributed by atoms with Crippen LogP contribution in [0.3, 0.4) is 0 Å². The molecule has 1 aromatic rings. The zero-order chi connectivity index (χ0) is 14.0. The van der Waals surface area contributed by atoms with Crippen LogP contribution in [0.5, 0.6) is 0 Å². The molecule has 1 aliphatic heterocycles. The van der Waals surface area contributed by atoms with Crippen LogP contribution in [0.2, 0.25) is 0 Å². The van der Waals surface area contributed by atoms with Crippen molar-refractivity contribution in [2.75, 3.05) is 13.2 Å². The number of amides is 1. The molecule has 2 rings (SSSR count). The van der Waals surface area contributed by atoms with Gasteiger partial charge in [-0.1, -0.05) is 0 Å². The Morgan fingerprint density at radius 2 is 2.21 bits per heavy atom. The van der Waals surface area contributed by atoms with E-state index in [0.29, 0.717) is 19.5 Å². The zero-order valence-corrected chi connectivity index (χ0v) is 11.5. The number of carbonyl (C=O) groups excluding carboxylic acids is 1. The lowest BCUT2D eigenvalue weighted by Gasteiger charge is -2.23. The van der Waals surface area contributed by atoms with Crippen molar-refractivity contribution in [3.05, 3.63) is 21.9 Å². The molecule has 1 atom stereocenters. The first-order chi connectivity index (χ1) is 9.04. The van der Waals surface area contributed by atoms with Gasteiger partial charge in [0.15, 0.2) is 0 Å². The molecule has 1 saturated heterocycles. The molecule has 2 heterocycles. The van der Waals surface area contributed by atoms with E-state index in [2.05, 4.69) is 4.98 Å². The lowest BCUT2D eigenvalue weighted by molar-refractivity contribution is -0.132. The van der Waals surface area contributed by atoms with Gasteiger partial charge in [0.25, 0.3) is 0 Å². The summed E-state index contributed by atoms with van der Waals surface area (Å²) in [5.41, 5.74) is 1.55. The highest BCUT2D eigenvalue weighted by Crippen LogP contribution is 2.17. The molecule has 0 aromatic carbocycles. The number of likely N-dealkylation sites (tertiary alicyclic amines) is 1. The van der Waals surface area contributed by atoms with E-state index in [-0.39, 0.29) is 24.2 Å². The van der Waals surface area contributed by atoms with Gasteiger partial charge in [-0.3, -0.25) is 9.36 Å². The maximum Gasteiger partial charge on any atom is 0.325 e. The largest absolute Gasteiger partial charge is 0.394 e. The number of hydrogen-bond donors (Lipinski definition) is 2. The first kappa shape index (κ1) is 13.9. The summed E-state index contributed by atoms with van der Waals surface area (Å²) in [6.07, 6.45) is 2.11. The van der Waals surface area contributed by atoms with Crippen molar-refractivity contribution in [2.45, 2.75) is 45.7 Å². The second-order valence-electron chi connectivity index (χ2n) is 5.11. The standard InChI is InChI=1S/C13H21N3O3/c1-9-10(2)15(13(19)14-9)7-5-12(18)16-6-3-4-11(16)8-17/h11,17H,3-8H2,1-2H3,(H,14,19). The number of rotatable bonds is 4. The third kappa shape index (κ3) is 2.73. The van der Waals surface area contributed by atoms with Gasteiger partial charge in [0.2, 0.25) is 5.91 Å². The molecule has 1 aliphatic rings. The second-order valence-corrected chi connectivity index (χ2v) is 5.11. The van der Waals surface area contributed by atoms with Crippen LogP contribution in [0, 0.1) is 13.8 Å². The fourth-order valence-corrected chi connectivity index (χ4v) is 2.65. The highest BCUT2D eigenvalue weighted by Gasteiger charge is 2.27. The normalized spacial score (nSPS) is 19.1. The lowest BCUT2D eigenvalue weighted by Crippen LogP contribution is -2.38. The molecule has 1 fully saturated rings. The van der Waals surface area contributed by atoms with E-state index in [1.807, 2.05) is 13.8 Å². The lowest BCUT2D eigenvalue weighted by atomic mass is 10.2. The topological polar surface area (TPSA) is 78.3 Å². The van der Waals surface area contributed by atoms with Crippen molar-refractivity contribution in [1.82, 2.24) is 14.5 Å². The molecule has 2 N–H and O–H groups in total. The average Bonchev–Trinajstić information content (AvgIpc) is 2.94. The molecule has 1 aromatic heterocycles. The predicted octanol–water partition coefficient (Wildman–Crippen LogP) is 0.167. The number of aryl methyl sites for hydroxylation is 1. The van der Waals surface area contributed by atoms with E-state index in [4.69, 9.17) is 0 Å². The van der Waals surface area contributed by atoms with Gasteiger partial charge in [-0.25, -0.2) is 4.79 Å². The Bertz CT molecular complexity index is 518. The van der Waals surface area contributed by atoms with Crippen LogP contribution < -0.4 is 5.69 Å². The third-order valence-corrected chi connectivity index (χ3v) is 3.94. The minimum atomic E-state index is -0.164. The molecule has 6 heteroatoms. The van der Waals surface area contributed by atoms with E-state index < -0.39 is 0 Å². The van der Waals surface area contributed by atoms with Gasteiger partial charge in [-0.15, -0.1) is 0 Å². The Labute approximate surface area is 112 Å². The third-order valence-electron chi connectivity index (χ3n) is 3.94. The van der Waals surface area contributed by atoms with Crippen LogP contribution in [0.25, 0.3) is 0 Å². The Hall–Kier alpha value is -1.56. The Kier molecular flexibility index (Phi) is 4.09. The maximum atomic E-state index is 12.1. The smallest absolute Gasteiger partial charge is 0.325 e. The van der Waals surface area contributed by atoms with Gasteiger partial charge < -0.3 is 15.0 Å². The molecule has 0 radical (unpaired) electrons. The molecular weight excluding hydrogens is 246 g/mol. The summed E-state index contributed by atoms with van der Waals surface area (Å²) in [5, 5.41) is 9.21. The number of nitrogens with one attached hydrogen (secondary N) is 1. The highest BCUT2D eigenvalue weighted by atomic mass is 16.3. The maximum absolute atomic E-state index is 12.1. The zero-order valence-electron chi connectivity index (χ0n) is 11.5. The second kappa shape index (κ2) is 5.61. The van der Waals surface area contributed by atoms with Crippen LogP contribution in [-0.4, -0.2) is 44.7 Å². The van der Waals surface area contributed by atoms with Crippen molar-refractivity contribution in [2.24, 2.45) is 0 Å². The number of aromatic amines is 1. The molecule has 0 spiro atoms. The molecule has 19 heavy (non-hydrogen) atoms. The first-order valence-corrected chi connectivity index (χ1v) is 6.71. The van der Waals surface area contributed by atoms with Gasteiger partial charge in [0, 0.05) is 30.9 Å². The summed E-state index contributed by atoms with van der Waals surface area (Å²) in [6, 6.07) is -0.0433. The summed E-state index contributed by atoms with van der Waals surface area (Å²) < 4.78 is 1.59. The van der Waals surface area contributed by atoms with Crippen molar-refractivity contribution >= 4 is 5.91 Å². The molecular formula is C13H21N3O3. The van der Waals surface area contributed by atoms with Crippen molar-refractivity contribution in [3.63, 3.8) is 0 Å². The Balaban J connectivity index is 1.99. The average molecular weight is 267 g/mol. The number of hydrogen-bond acceptors (Lipinski definition) is 3. The fourth-order valence-electron chi connectivity index (χ4n) is 2.65. The number of carbonyl (C=O) groups is 1. The SMILES string of the molecule is Cc1[nH]c(=O)n(CCC(=O)N2CCCC2CO)c1C. The summed E-state index contributed by atoms with van der Waals surface area (Å²) in [5.74, 6) is 0.0155. The van der Waals surface area contributed by atoms with Gasteiger partial charge in [-0.05, 0) is 26.7 Å². The number of nitrogens with zero attached hydrogens (tertiary/aromatic N) is 2. The highest BCUT2D eigenvalue weighted by molar-refractivity contribution is 5.76. The summed E-state index contributed by atoms with van der Waals surface area (Å²) in [7, 11) is 0. The Morgan fingerprint density at radius 1 is 1.47 bits per heavy atom. The predicted molar refractivity (Wildman–Crippen MR) is 71.0 cm³/mol. The van der Waals surface area contributed by atoms with E-state index >= 15 is 0 Å². The number of H-pyrrole nitrogens is 1. The quantitative estimate of drug-likeness (QED) is 0.816. The van der Waals surface area contributed by atoms with Crippen LogP contribution in [0.1, 0.15) is 30.7 Å². The minimum absolute atomic E-state index is 0.0155. The van der Waals surface area contributed by atoms with Gasteiger partial charge in [0.05, 0.1) is 12.6 Å². The fraction of sp³-hybridized carbons (Fsp3) is 0.692. The first-order valence-electron chi connectivity index (χ1n) is 6.71. The number of imidazole rings is 1. The van der Waals surface area contributed by atoms with E-state index in [1.54, 1.807) is 9.47 Å². The summed E-state index contributed by atoms with van der Waals surface area (Å²) in [4.78, 5) is 28.2. The molecule has 1 amide bonds. The molecule has 106 valence electrons. The molecule has 0 aliphatic carbocycles. The van der Waals surface area contributed by atoms with Gasteiger partial charge in [0.1, 0.15) is 0 Å². The van der Waals surface area contributed by atoms with E-state index in [9.17, 15) is 14.7 Å². The molecule has 6 nitrogen and oxygen atoms in total. The number of aliphatic hydroxyl groups is 1. The van der Waals surface area contributed by atoms with E-state index in [1.165, 1.54) is 0 Å². The van der Waals surface area contributed by atoms with Crippen LogP contribution in [0.4, 0.5) is 0 Å². The van der Waals surface area contributed by atoms with Crippen LogP contribution >= 0.6 is 0 Å². The van der Waals surface area contributed by atoms with Crippen molar-refractivity contribution in [3.8, 4) is 0 Å². The monoisotopic (exact) mass is 267 g/mol. The van der Waals surface area contributed by atoms with Gasteiger partial charge in [-0.2, -0.15) is 0 Å². The summed E-state index contributed by atoms with van der Waals surface area (Å²) >= 11 is 0. The minimum Gasteiger partial charge on any atom is -0.394 e. The number of aromatic nitrogens is 2. The van der Waals surface area contributed by atoms with E-state index in [0.717, 1.165) is 24.2 Å². The Morgan fingerprint density at radius 3 is 2.79 bits per heavy atom. The van der Waals surface area contributed by atoms with Crippen LogP contribution in [0.15, 0.2) is 4.79 Å². The van der Waals surface area contributed by atoms with Crippen molar-refractivity contribution < 1.29 is 9.90 Å². The van der Waals surface area contributed by atoms with Gasteiger partial charge >= 0.3 is 5.69 Å². The summed E-state index contributed by atoms with van der Waals surface area (Å²) in [6.45, 7) is 4.84. The van der Waals surface area contributed by atoms with Crippen molar-refractivity contribution in [1.29, 1.82) is 0 Å². The molecule has 0 bridgehead atoms. The number of aliphatic hydroxyl groups excluding tert-OH is 1.